The molecule has 28 heavy (non-hydrogen) atoms. The van der Waals surface area contributed by atoms with Crippen LogP contribution in [0.2, 0.25) is 0 Å². The third kappa shape index (κ3) is 2.97. The number of aryl methyl sites for hydroxylation is 2. The van der Waals surface area contributed by atoms with Crippen LogP contribution in [-0.2, 0) is 17.4 Å². The standard InChI is InChI=1S/C22H29N6/c1-15-11-19-17(21(3,4)5)13-26(28(19)24-12-15)14-22(6,7)20-16(2)25-27-18(20)9-8-10-23-27/h8-13H,14H2,1-7H3/q+1. The number of nitrogens with zero attached hydrogens (tertiary/aromatic N) is 6. The van der Waals surface area contributed by atoms with E-state index in [-0.39, 0.29) is 10.8 Å². The van der Waals surface area contributed by atoms with Crippen LogP contribution in [0.5, 0.6) is 0 Å². The Kier molecular flexibility index (Phi) is 4.07. The number of rotatable bonds is 3. The molecule has 0 bridgehead atoms. The molecule has 4 aromatic heterocycles. The number of fused-ring (bicyclic) bond motifs is 2. The SMILES string of the molecule is Cc1cnn2c(c1)c(C(C)(C)C)c[n+]2CC(C)(C)c1c(C)nn2ncccc12. The van der Waals surface area contributed by atoms with Crippen molar-refractivity contribution >= 4 is 11.0 Å². The molecule has 0 unspecified atom stereocenters. The molecule has 0 spiro atoms. The highest BCUT2D eigenvalue weighted by molar-refractivity contribution is 5.58. The first-order chi connectivity index (χ1) is 13.1. The molecule has 0 saturated carbocycles. The highest BCUT2D eigenvalue weighted by atomic mass is 15.5. The molecule has 0 aliphatic rings. The van der Waals surface area contributed by atoms with Crippen LogP contribution in [0.4, 0.5) is 0 Å². The van der Waals surface area contributed by atoms with E-state index in [4.69, 9.17) is 5.10 Å². The molecule has 0 aromatic carbocycles. The predicted octanol–water partition coefficient (Wildman–Crippen LogP) is 3.56. The van der Waals surface area contributed by atoms with E-state index in [0.717, 1.165) is 17.8 Å². The molecule has 6 heteroatoms. The summed E-state index contributed by atoms with van der Waals surface area (Å²) in [6, 6.07) is 6.28. The number of hydrogen-bond donors (Lipinski definition) is 0. The third-order valence-corrected chi connectivity index (χ3v) is 5.38. The van der Waals surface area contributed by atoms with Gasteiger partial charge in [-0.2, -0.15) is 19.5 Å². The van der Waals surface area contributed by atoms with E-state index >= 15 is 0 Å². The Morgan fingerprint density at radius 1 is 1.04 bits per heavy atom. The Morgan fingerprint density at radius 2 is 1.79 bits per heavy atom. The summed E-state index contributed by atoms with van der Waals surface area (Å²) in [4.78, 5) is 0. The van der Waals surface area contributed by atoms with Crippen LogP contribution >= 0.6 is 0 Å². The summed E-state index contributed by atoms with van der Waals surface area (Å²) >= 11 is 0. The monoisotopic (exact) mass is 377 g/mol. The summed E-state index contributed by atoms with van der Waals surface area (Å²) < 4.78 is 6.00. The summed E-state index contributed by atoms with van der Waals surface area (Å²) in [5.41, 5.74) is 6.85. The fourth-order valence-electron chi connectivity index (χ4n) is 4.19. The first-order valence-corrected chi connectivity index (χ1v) is 9.78. The third-order valence-electron chi connectivity index (χ3n) is 5.38. The van der Waals surface area contributed by atoms with E-state index in [9.17, 15) is 0 Å². The highest BCUT2D eigenvalue weighted by Gasteiger charge is 2.33. The van der Waals surface area contributed by atoms with Gasteiger partial charge in [-0.25, -0.2) is 0 Å². The second-order valence-corrected chi connectivity index (χ2v) is 9.44. The van der Waals surface area contributed by atoms with Gasteiger partial charge in [-0.05, 0) is 47.7 Å². The minimum Gasteiger partial charge on any atom is -0.159 e. The fourth-order valence-corrected chi connectivity index (χ4v) is 4.19. The van der Waals surface area contributed by atoms with Gasteiger partial charge in [-0.1, -0.05) is 34.6 Å². The van der Waals surface area contributed by atoms with Gasteiger partial charge in [0.2, 0.25) is 0 Å². The zero-order valence-electron chi connectivity index (χ0n) is 17.9. The van der Waals surface area contributed by atoms with E-state index in [1.54, 1.807) is 10.8 Å². The molecular formula is C22H29N6+. The van der Waals surface area contributed by atoms with Crippen LogP contribution in [0.25, 0.3) is 11.0 Å². The molecule has 0 fully saturated rings. The van der Waals surface area contributed by atoms with Crippen molar-refractivity contribution in [1.82, 2.24) is 24.6 Å². The smallest absolute Gasteiger partial charge is 0.159 e. The molecule has 4 rings (SSSR count). The Morgan fingerprint density at radius 3 is 2.50 bits per heavy atom. The summed E-state index contributed by atoms with van der Waals surface area (Å²) in [7, 11) is 0. The maximum absolute atomic E-state index is 4.71. The fraction of sp³-hybridized carbons (Fsp3) is 0.455. The zero-order chi connectivity index (χ0) is 20.3. The van der Waals surface area contributed by atoms with Crippen LogP contribution in [0.15, 0.2) is 36.8 Å². The van der Waals surface area contributed by atoms with Gasteiger partial charge in [0.15, 0.2) is 6.20 Å². The molecule has 4 aromatic rings. The average Bonchev–Trinajstić information content (AvgIpc) is 3.11. The van der Waals surface area contributed by atoms with Gasteiger partial charge in [0.05, 0.1) is 11.2 Å². The maximum Gasteiger partial charge on any atom is 0.168 e. The van der Waals surface area contributed by atoms with Gasteiger partial charge < -0.3 is 0 Å². The molecule has 0 saturated heterocycles. The lowest BCUT2D eigenvalue weighted by Crippen LogP contribution is -2.48. The highest BCUT2D eigenvalue weighted by Crippen LogP contribution is 2.31. The minimum absolute atomic E-state index is 0.0420. The minimum atomic E-state index is -0.143. The van der Waals surface area contributed by atoms with E-state index < -0.39 is 0 Å². The quantitative estimate of drug-likeness (QED) is 0.513. The summed E-state index contributed by atoms with van der Waals surface area (Å²) in [6.45, 7) is 16.2. The first kappa shape index (κ1) is 18.6. The van der Waals surface area contributed by atoms with Crippen molar-refractivity contribution in [1.29, 1.82) is 0 Å². The Bertz CT molecular complexity index is 1170. The van der Waals surface area contributed by atoms with Gasteiger partial charge >= 0.3 is 0 Å². The van der Waals surface area contributed by atoms with Gasteiger partial charge in [-0.3, -0.25) is 0 Å². The van der Waals surface area contributed by atoms with Crippen molar-refractivity contribution in [3.63, 3.8) is 0 Å². The second-order valence-electron chi connectivity index (χ2n) is 9.44. The van der Waals surface area contributed by atoms with Crippen LogP contribution < -0.4 is 4.68 Å². The lowest BCUT2D eigenvalue weighted by atomic mass is 9.83. The van der Waals surface area contributed by atoms with Crippen molar-refractivity contribution in [3.8, 4) is 0 Å². The average molecular weight is 378 g/mol. The van der Waals surface area contributed by atoms with Crippen LogP contribution in [0.3, 0.4) is 0 Å². The lowest BCUT2D eigenvalue weighted by molar-refractivity contribution is -0.771. The second kappa shape index (κ2) is 6.12. The Hall–Kier alpha value is -2.76. The molecule has 0 N–H and O–H groups in total. The molecule has 0 amide bonds. The van der Waals surface area contributed by atoms with Crippen LogP contribution in [-0.4, -0.2) is 24.6 Å². The molecule has 0 aliphatic heterocycles. The largest absolute Gasteiger partial charge is 0.168 e. The number of aromatic nitrogens is 6. The van der Waals surface area contributed by atoms with Crippen molar-refractivity contribution < 1.29 is 4.68 Å². The summed E-state index contributed by atoms with van der Waals surface area (Å²) in [5, 5.41) is 13.7. The first-order valence-electron chi connectivity index (χ1n) is 9.78. The molecule has 0 radical (unpaired) electrons. The predicted molar refractivity (Wildman–Crippen MR) is 110 cm³/mol. The van der Waals surface area contributed by atoms with Crippen molar-refractivity contribution in [3.05, 3.63) is 59.2 Å². The molecule has 0 atom stereocenters. The van der Waals surface area contributed by atoms with Gasteiger partial charge in [0.25, 0.3) is 0 Å². The maximum atomic E-state index is 4.71. The van der Waals surface area contributed by atoms with Gasteiger partial charge in [0.1, 0.15) is 18.3 Å². The summed E-state index contributed by atoms with van der Waals surface area (Å²) in [5.74, 6) is 0. The van der Waals surface area contributed by atoms with E-state index in [1.165, 1.54) is 22.2 Å². The summed E-state index contributed by atoms with van der Waals surface area (Å²) in [6.07, 6.45) is 5.95. The van der Waals surface area contributed by atoms with Crippen molar-refractivity contribution in [2.75, 3.05) is 0 Å². The molecular weight excluding hydrogens is 348 g/mol. The topological polar surface area (TPSA) is 51.4 Å². The van der Waals surface area contributed by atoms with E-state index in [1.807, 2.05) is 16.9 Å². The van der Waals surface area contributed by atoms with Crippen LogP contribution in [0.1, 0.15) is 57.0 Å². The zero-order valence-corrected chi connectivity index (χ0v) is 17.9. The molecule has 6 nitrogen and oxygen atoms in total. The van der Waals surface area contributed by atoms with Gasteiger partial charge in [0, 0.05) is 27.8 Å². The number of hydrogen-bond acceptors (Lipinski definition) is 3. The molecule has 0 aliphatic carbocycles. The van der Waals surface area contributed by atoms with E-state index in [2.05, 4.69) is 81.7 Å². The van der Waals surface area contributed by atoms with Crippen molar-refractivity contribution in [2.24, 2.45) is 0 Å². The Labute approximate surface area is 165 Å². The lowest BCUT2D eigenvalue weighted by Gasteiger charge is -2.22. The molecule has 146 valence electrons. The van der Waals surface area contributed by atoms with Gasteiger partial charge in [-0.15, -0.1) is 0 Å². The van der Waals surface area contributed by atoms with E-state index in [0.29, 0.717) is 0 Å². The van der Waals surface area contributed by atoms with Crippen molar-refractivity contribution in [2.45, 2.75) is 65.8 Å². The van der Waals surface area contributed by atoms with Crippen LogP contribution in [0, 0.1) is 13.8 Å². The molecule has 4 heterocycles. The Balaban J connectivity index is 1.86. The normalized spacial score (nSPS) is 13.0.